The molecule has 0 aliphatic carbocycles. The highest BCUT2D eigenvalue weighted by molar-refractivity contribution is 6.13. The smallest absolute Gasteiger partial charge is 0.258 e. The number of rotatable bonds is 1. The second kappa shape index (κ2) is 5.09. The number of amides is 1. The molecule has 1 amide bonds. The average molecular weight is 287 g/mol. The lowest BCUT2D eigenvalue weighted by Gasteiger charge is -2.28. The molecule has 21 heavy (non-hydrogen) atoms. The molecule has 0 atom stereocenters. The SMILES string of the molecule is O=C1CCN(C(=O)c2cc(F)cc(F)c2)c2ccccc21. The molecule has 0 aromatic heterocycles. The minimum absolute atomic E-state index is 0.0416. The van der Waals surface area contributed by atoms with E-state index in [1.54, 1.807) is 24.3 Å². The molecule has 0 unspecified atom stereocenters. The lowest BCUT2D eigenvalue weighted by molar-refractivity contribution is 0.0954. The Labute approximate surface area is 119 Å². The van der Waals surface area contributed by atoms with E-state index >= 15 is 0 Å². The van der Waals surface area contributed by atoms with Crippen molar-refractivity contribution >= 4 is 17.4 Å². The topological polar surface area (TPSA) is 37.4 Å². The summed E-state index contributed by atoms with van der Waals surface area (Å²) in [5.74, 6) is -2.17. The van der Waals surface area contributed by atoms with Crippen LogP contribution in [0.25, 0.3) is 0 Å². The van der Waals surface area contributed by atoms with Crippen LogP contribution in [0, 0.1) is 11.6 Å². The molecule has 3 nitrogen and oxygen atoms in total. The second-order valence-electron chi connectivity index (χ2n) is 4.81. The summed E-state index contributed by atoms with van der Waals surface area (Å²) in [6.07, 6.45) is 0.195. The van der Waals surface area contributed by atoms with Gasteiger partial charge in [-0.05, 0) is 24.3 Å². The van der Waals surface area contributed by atoms with Crippen molar-refractivity contribution in [1.29, 1.82) is 0 Å². The van der Waals surface area contributed by atoms with Gasteiger partial charge in [-0.1, -0.05) is 12.1 Å². The van der Waals surface area contributed by atoms with E-state index in [1.165, 1.54) is 4.90 Å². The van der Waals surface area contributed by atoms with Crippen molar-refractivity contribution in [2.45, 2.75) is 6.42 Å². The van der Waals surface area contributed by atoms with Crippen molar-refractivity contribution in [3.8, 4) is 0 Å². The number of anilines is 1. The number of hydrogen-bond donors (Lipinski definition) is 0. The quantitative estimate of drug-likeness (QED) is 0.807. The lowest BCUT2D eigenvalue weighted by Crippen LogP contribution is -2.37. The van der Waals surface area contributed by atoms with Gasteiger partial charge < -0.3 is 4.90 Å². The van der Waals surface area contributed by atoms with Crippen LogP contribution in [0.2, 0.25) is 0 Å². The van der Waals surface area contributed by atoms with Crippen LogP contribution in [0.15, 0.2) is 42.5 Å². The molecule has 5 heteroatoms. The third kappa shape index (κ3) is 2.42. The van der Waals surface area contributed by atoms with E-state index < -0.39 is 17.5 Å². The summed E-state index contributed by atoms with van der Waals surface area (Å²) in [5.41, 5.74) is 0.856. The molecule has 2 aromatic rings. The molecule has 1 aliphatic heterocycles. The second-order valence-corrected chi connectivity index (χ2v) is 4.81. The van der Waals surface area contributed by atoms with Gasteiger partial charge in [-0.15, -0.1) is 0 Å². The highest BCUT2D eigenvalue weighted by Crippen LogP contribution is 2.28. The summed E-state index contributed by atoms with van der Waals surface area (Å²) in [6, 6.07) is 9.42. The molecular weight excluding hydrogens is 276 g/mol. The van der Waals surface area contributed by atoms with E-state index in [0.29, 0.717) is 17.3 Å². The molecule has 1 heterocycles. The van der Waals surface area contributed by atoms with Crippen molar-refractivity contribution < 1.29 is 18.4 Å². The fourth-order valence-electron chi connectivity index (χ4n) is 2.46. The highest BCUT2D eigenvalue weighted by Gasteiger charge is 2.27. The number of benzene rings is 2. The monoisotopic (exact) mass is 287 g/mol. The molecule has 0 saturated heterocycles. The van der Waals surface area contributed by atoms with Gasteiger partial charge in [-0.25, -0.2) is 8.78 Å². The Hall–Kier alpha value is -2.56. The minimum Gasteiger partial charge on any atom is -0.307 e. The van der Waals surface area contributed by atoms with Gasteiger partial charge in [0.2, 0.25) is 0 Å². The molecule has 0 fully saturated rings. The van der Waals surface area contributed by atoms with Gasteiger partial charge >= 0.3 is 0 Å². The Bertz CT molecular complexity index is 723. The van der Waals surface area contributed by atoms with E-state index in [-0.39, 0.29) is 24.3 Å². The summed E-state index contributed by atoms with van der Waals surface area (Å²) in [5, 5.41) is 0. The summed E-state index contributed by atoms with van der Waals surface area (Å²) in [4.78, 5) is 25.7. The van der Waals surface area contributed by atoms with Crippen molar-refractivity contribution in [2.75, 3.05) is 11.4 Å². The number of halogens is 2. The van der Waals surface area contributed by atoms with Crippen molar-refractivity contribution in [3.63, 3.8) is 0 Å². The van der Waals surface area contributed by atoms with Gasteiger partial charge in [0.25, 0.3) is 5.91 Å². The fraction of sp³-hybridized carbons (Fsp3) is 0.125. The van der Waals surface area contributed by atoms with Crippen LogP contribution >= 0.6 is 0 Å². The fourth-order valence-corrected chi connectivity index (χ4v) is 2.46. The molecule has 3 rings (SSSR count). The number of fused-ring (bicyclic) bond motifs is 1. The maximum atomic E-state index is 13.2. The maximum Gasteiger partial charge on any atom is 0.258 e. The number of nitrogens with zero attached hydrogens (tertiary/aromatic N) is 1. The minimum atomic E-state index is -0.806. The van der Waals surface area contributed by atoms with Gasteiger partial charge in [0.05, 0.1) is 5.69 Å². The highest BCUT2D eigenvalue weighted by atomic mass is 19.1. The van der Waals surface area contributed by atoms with Gasteiger partial charge in [-0.2, -0.15) is 0 Å². The first-order chi connectivity index (χ1) is 10.1. The van der Waals surface area contributed by atoms with Crippen LogP contribution < -0.4 is 4.90 Å². The van der Waals surface area contributed by atoms with E-state index in [1.807, 2.05) is 0 Å². The summed E-state index contributed by atoms with van der Waals surface area (Å²) < 4.78 is 26.5. The van der Waals surface area contributed by atoms with Crippen LogP contribution in [0.4, 0.5) is 14.5 Å². The van der Waals surface area contributed by atoms with Crippen LogP contribution in [0.5, 0.6) is 0 Å². The number of carbonyl (C=O) groups excluding carboxylic acids is 2. The first-order valence-electron chi connectivity index (χ1n) is 6.46. The molecule has 0 bridgehead atoms. The van der Waals surface area contributed by atoms with Gasteiger partial charge in [0, 0.05) is 30.2 Å². The van der Waals surface area contributed by atoms with Gasteiger partial charge in [0.1, 0.15) is 11.6 Å². The van der Waals surface area contributed by atoms with Gasteiger partial charge in [-0.3, -0.25) is 9.59 Å². The molecule has 0 saturated carbocycles. The van der Waals surface area contributed by atoms with E-state index in [9.17, 15) is 18.4 Å². The van der Waals surface area contributed by atoms with E-state index in [2.05, 4.69) is 0 Å². The van der Waals surface area contributed by atoms with Crippen molar-refractivity contribution in [3.05, 3.63) is 65.2 Å². The first-order valence-corrected chi connectivity index (χ1v) is 6.46. The number of ketones is 1. The van der Waals surface area contributed by atoms with E-state index in [4.69, 9.17) is 0 Å². The Morgan fingerprint density at radius 2 is 1.71 bits per heavy atom. The predicted molar refractivity (Wildman–Crippen MR) is 73.4 cm³/mol. The molecule has 0 radical (unpaired) electrons. The molecule has 0 spiro atoms. The number of hydrogen-bond acceptors (Lipinski definition) is 2. The summed E-state index contributed by atoms with van der Waals surface area (Å²) >= 11 is 0. The van der Waals surface area contributed by atoms with Crippen LogP contribution in [0.3, 0.4) is 0 Å². The normalized spacial score (nSPS) is 14.0. The van der Waals surface area contributed by atoms with Crippen LogP contribution in [-0.4, -0.2) is 18.2 Å². The Kier molecular flexibility index (Phi) is 3.25. The Balaban J connectivity index is 2.03. The number of Topliss-reactive ketones (excluding diaryl/α,β-unsaturated/α-hetero) is 1. The van der Waals surface area contributed by atoms with Gasteiger partial charge in [0.15, 0.2) is 5.78 Å². The maximum absolute atomic E-state index is 13.2. The zero-order chi connectivity index (χ0) is 15.0. The van der Waals surface area contributed by atoms with Crippen LogP contribution in [-0.2, 0) is 0 Å². The van der Waals surface area contributed by atoms with Crippen molar-refractivity contribution in [1.82, 2.24) is 0 Å². The summed E-state index contributed by atoms with van der Waals surface area (Å²) in [6.45, 7) is 0.201. The molecule has 106 valence electrons. The van der Waals surface area contributed by atoms with E-state index in [0.717, 1.165) is 12.1 Å². The molecule has 0 N–H and O–H groups in total. The third-order valence-corrected chi connectivity index (χ3v) is 3.41. The largest absolute Gasteiger partial charge is 0.307 e. The zero-order valence-electron chi connectivity index (χ0n) is 11.0. The standard InChI is InChI=1S/C16H11F2NO2/c17-11-7-10(8-12(18)9-11)16(21)19-6-5-15(20)13-3-1-2-4-14(13)19/h1-4,7-9H,5-6H2. The Morgan fingerprint density at radius 3 is 2.43 bits per heavy atom. The summed E-state index contributed by atoms with van der Waals surface area (Å²) in [7, 11) is 0. The molecule has 1 aliphatic rings. The lowest BCUT2D eigenvalue weighted by atomic mass is 9.99. The zero-order valence-corrected chi connectivity index (χ0v) is 11.0. The predicted octanol–water partition coefficient (Wildman–Crippen LogP) is 3.20. The Morgan fingerprint density at radius 1 is 1.05 bits per heavy atom. The first kappa shape index (κ1) is 13.4. The van der Waals surface area contributed by atoms with Crippen molar-refractivity contribution in [2.24, 2.45) is 0 Å². The number of para-hydroxylation sites is 1. The third-order valence-electron chi connectivity index (χ3n) is 3.41. The molecular formula is C16H11F2NO2. The number of carbonyl (C=O) groups is 2. The molecule has 2 aromatic carbocycles. The van der Waals surface area contributed by atoms with Crippen LogP contribution in [0.1, 0.15) is 27.1 Å². The average Bonchev–Trinajstić information content (AvgIpc) is 2.46.